The van der Waals surface area contributed by atoms with Crippen molar-refractivity contribution in [2.24, 2.45) is 5.92 Å². The first-order valence-electron chi connectivity index (χ1n) is 7.59. The van der Waals surface area contributed by atoms with Crippen LogP contribution in [-0.4, -0.2) is 36.4 Å². The number of hydrogen-bond acceptors (Lipinski definition) is 5. The van der Waals surface area contributed by atoms with Crippen LogP contribution in [0.2, 0.25) is 0 Å². The van der Waals surface area contributed by atoms with Gasteiger partial charge in [-0.15, -0.1) is 0 Å². The first-order valence-corrected chi connectivity index (χ1v) is 8.57. The van der Waals surface area contributed by atoms with Crippen LogP contribution < -0.4 is 4.90 Å². The summed E-state index contributed by atoms with van der Waals surface area (Å²) >= 11 is 1.28. The van der Waals surface area contributed by atoms with E-state index in [9.17, 15) is 14.4 Å². The molecule has 124 valence electrons. The largest absolute Gasteiger partial charge is 0.469 e. The van der Waals surface area contributed by atoms with Crippen LogP contribution in [0.4, 0.5) is 5.69 Å². The van der Waals surface area contributed by atoms with Gasteiger partial charge in [0.2, 0.25) is 5.91 Å². The van der Waals surface area contributed by atoms with Crippen molar-refractivity contribution in [1.29, 1.82) is 0 Å². The zero-order valence-corrected chi connectivity index (χ0v) is 14.2. The summed E-state index contributed by atoms with van der Waals surface area (Å²) in [7, 11) is 1.38. The molecule has 1 saturated heterocycles. The Labute approximate surface area is 140 Å². The molecule has 0 N–H and O–H groups in total. The molecule has 1 aromatic rings. The average Bonchev–Trinajstić information content (AvgIpc) is 2.92. The van der Waals surface area contributed by atoms with E-state index in [1.54, 1.807) is 11.8 Å². The Morgan fingerprint density at radius 3 is 2.61 bits per heavy atom. The van der Waals surface area contributed by atoms with Crippen molar-refractivity contribution in [2.75, 3.05) is 24.3 Å². The van der Waals surface area contributed by atoms with E-state index in [1.165, 1.54) is 18.9 Å². The van der Waals surface area contributed by atoms with Crippen LogP contribution in [0.5, 0.6) is 0 Å². The van der Waals surface area contributed by atoms with Crippen LogP contribution in [0.1, 0.15) is 25.3 Å². The smallest absolute Gasteiger partial charge is 0.305 e. The van der Waals surface area contributed by atoms with Gasteiger partial charge in [-0.25, -0.2) is 0 Å². The second-order valence-corrected chi connectivity index (χ2v) is 6.82. The summed E-state index contributed by atoms with van der Waals surface area (Å²) in [6.07, 6.45) is 1.46. The standard InChI is InChI=1S/C17H21NO4S/c1-12(19)23-11-14-9-16(20)18(10-14)15-6-3-13(4-7-15)5-8-17(21)22-2/h3-4,6-7,14H,5,8-11H2,1-2H3. The Kier molecular flexibility index (Phi) is 6.21. The normalized spacial score (nSPS) is 17.4. The Hall–Kier alpha value is -1.82. The molecule has 2 rings (SSSR count). The fourth-order valence-electron chi connectivity index (χ4n) is 2.57. The molecule has 1 amide bonds. The lowest BCUT2D eigenvalue weighted by molar-refractivity contribution is -0.140. The molecule has 0 saturated carbocycles. The number of hydrogen-bond donors (Lipinski definition) is 0. The van der Waals surface area contributed by atoms with Crippen molar-refractivity contribution >= 4 is 34.4 Å². The van der Waals surface area contributed by atoms with E-state index in [0.29, 0.717) is 31.6 Å². The number of rotatable bonds is 6. The van der Waals surface area contributed by atoms with Crippen molar-refractivity contribution in [1.82, 2.24) is 0 Å². The molecular formula is C17H21NO4S. The molecule has 1 atom stereocenters. The summed E-state index contributed by atoms with van der Waals surface area (Å²) in [5.41, 5.74) is 1.90. The van der Waals surface area contributed by atoms with Crippen molar-refractivity contribution in [2.45, 2.75) is 26.2 Å². The molecule has 1 heterocycles. The lowest BCUT2D eigenvalue weighted by atomic mass is 10.1. The van der Waals surface area contributed by atoms with Gasteiger partial charge in [-0.3, -0.25) is 14.4 Å². The fourth-order valence-corrected chi connectivity index (χ4v) is 3.26. The number of nitrogens with zero attached hydrogens (tertiary/aromatic N) is 1. The Bertz CT molecular complexity index is 585. The lowest BCUT2D eigenvalue weighted by Crippen LogP contribution is -2.24. The number of anilines is 1. The molecule has 6 heteroatoms. The first-order chi connectivity index (χ1) is 11.0. The third-order valence-electron chi connectivity index (χ3n) is 3.82. The maximum absolute atomic E-state index is 12.1. The van der Waals surface area contributed by atoms with Gasteiger partial charge in [0.05, 0.1) is 7.11 Å². The summed E-state index contributed by atoms with van der Waals surface area (Å²) in [4.78, 5) is 36.1. The zero-order valence-electron chi connectivity index (χ0n) is 13.4. The van der Waals surface area contributed by atoms with E-state index in [0.717, 1.165) is 11.3 Å². The molecule has 0 spiro atoms. The number of carbonyl (C=O) groups is 3. The van der Waals surface area contributed by atoms with Gasteiger partial charge in [0.15, 0.2) is 5.12 Å². The number of thioether (sulfide) groups is 1. The van der Waals surface area contributed by atoms with Crippen LogP contribution in [0.15, 0.2) is 24.3 Å². The molecule has 0 bridgehead atoms. The average molecular weight is 335 g/mol. The Balaban J connectivity index is 1.92. The van der Waals surface area contributed by atoms with Gasteiger partial charge < -0.3 is 9.64 Å². The van der Waals surface area contributed by atoms with Crippen molar-refractivity contribution in [3.05, 3.63) is 29.8 Å². The number of aryl methyl sites for hydroxylation is 1. The van der Waals surface area contributed by atoms with E-state index < -0.39 is 0 Å². The van der Waals surface area contributed by atoms with E-state index in [-0.39, 0.29) is 22.9 Å². The summed E-state index contributed by atoms with van der Waals surface area (Å²) in [6.45, 7) is 2.20. The predicted molar refractivity (Wildman–Crippen MR) is 90.4 cm³/mol. The maximum Gasteiger partial charge on any atom is 0.305 e. The second kappa shape index (κ2) is 8.15. The SMILES string of the molecule is COC(=O)CCc1ccc(N2CC(CSC(C)=O)CC2=O)cc1. The van der Waals surface area contributed by atoms with E-state index in [1.807, 2.05) is 24.3 Å². The zero-order chi connectivity index (χ0) is 16.8. The highest BCUT2D eigenvalue weighted by Gasteiger charge is 2.30. The highest BCUT2D eigenvalue weighted by Crippen LogP contribution is 2.27. The summed E-state index contributed by atoms with van der Waals surface area (Å²) in [5, 5.41) is 0.0888. The van der Waals surface area contributed by atoms with E-state index in [4.69, 9.17) is 0 Å². The van der Waals surface area contributed by atoms with Crippen molar-refractivity contribution in [3.63, 3.8) is 0 Å². The summed E-state index contributed by atoms with van der Waals surface area (Å²) in [5.74, 6) is 0.779. The van der Waals surface area contributed by atoms with Crippen LogP contribution in [0.25, 0.3) is 0 Å². The number of amides is 1. The predicted octanol–water partition coefficient (Wildman–Crippen LogP) is 2.42. The molecule has 1 aliphatic heterocycles. The highest BCUT2D eigenvalue weighted by molar-refractivity contribution is 8.13. The number of esters is 1. The molecule has 1 aliphatic rings. The molecule has 1 fully saturated rings. The van der Waals surface area contributed by atoms with Crippen LogP contribution in [-0.2, 0) is 25.5 Å². The monoisotopic (exact) mass is 335 g/mol. The van der Waals surface area contributed by atoms with Crippen LogP contribution >= 0.6 is 11.8 Å². The van der Waals surface area contributed by atoms with Crippen LogP contribution in [0, 0.1) is 5.92 Å². The van der Waals surface area contributed by atoms with E-state index in [2.05, 4.69) is 4.74 Å². The van der Waals surface area contributed by atoms with E-state index >= 15 is 0 Å². The fraction of sp³-hybridized carbons (Fsp3) is 0.471. The topological polar surface area (TPSA) is 63.7 Å². The van der Waals surface area contributed by atoms with Gasteiger partial charge in [0, 0.05) is 37.8 Å². The minimum atomic E-state index is -0.227. The number of methoxy groups -OCH3 is 1. The van der Waals surface area contributed by atoms with Gasteiger partial charge in [-0.1, -0.05) is 23.9 Å². The number of benzene rings is 1. The first kappa shape index (κ1) is 17.5. The Morgan fingerprint density at radius 1 is 1.30 bits per heavy atom. The number of ether oxygens (including phenoxy) is 1. The minimum absolute atomic E-state index is 0.0888. The number of carbonyl (C=O) groups excluding carboxylic acids is 3. The van der Waals surface area contributed by atoms with Gasteiger partial charge in [-0.05, 0) is 30.0 Å². The molecule has 0 radical (unpaired) electrons. The molecule has 23 heavy (non-hydrogen) atoms. The second-order valence-electron chi connectivity index (χ2n) is 5.62. The third kappa shape index (κ3) is 5.10. The quantitative estimate of drug-likeness (QED) is 0.747. The van der Waals surface area contributed by atoms with Gasteiger partial charge >= 0.3 is 5.97 Å². The summed E-state index contributed by atoms with van der Waals surface area (Å²) < 4.78 is 4.62. The molecular weight excluding hydrogens is 314 g/mol. The van der Waals surface area contributed by atoms with Gasteiger partial charge in [0.25, 0.3) is 0 Å². The maximum atomic E-state index is 12.1. The van der Waals surface area contributed by atoms with Gasteiger partial charge in [-0.2, -0.15) is 0 Å². The molecule has 1 unspecified atom stereocenters. The Morgan fingerprint density at radius 2 is 2.00 bits per heavy atom. The minimum Gasteiger partial charge on any atom is -0.469 e. The van der Waals surface area contributed by atoms with Crippen molar-refractivity contribution in [3.8, 4) is 0 Å². The highest BCUT2D eigenvalue weighted by atomic mass is 32.2. The van der Waals surface area contributed by atoms with Crippen molar-refractivity contribution < 1.29 is 19.1 Å². The van der Waals surface area contributed by atoms with Gasteiger partial charge in [0.1, 0.15) is 0 Å². The summed E-state index contributed by atoms with van der Waals surface area (Å²) in [6, 6.07) is 7.68. The molecule has 0 aromatic heterocycles. The molecule has 1 aromatic carbocycles. The third-order valence-corrected chi connectivity index (χ3v) is 4.87. The molecule has 0 aliphatic carbocycles. The lowest BCUT2D eigenvalue weighted by Gasteiger charge is -2.17. The molecule has 5 nitrogen and oxygen atoms in total. The van der Waals surface area contributed by atoms with Crippen LogP contribution in [0.3, 0.4) is 0 Å².